The summed E-state index contributed by atoms with van der Waals surface area (Å²) in [4.78, 5) is 12.6. The number of hydrogen-bond donors (Lipinski definition) is 1. The van der Waals surface area contributed by atoms with Crippen LogP contribution >= 0.6 is 0 Å². The lowest BCUT2D eigenvalue weighted by Crippen LogP contribution is -2.31. The highest BCUT2D eigenvalue weighted by atomic mass is 32.2. The van der Waals surface area contributed by atoms with E-state index in [9.17, 15) is 13.2 Å². The van der Waals surface area contributed by atoms with Gasteiger partial charge in [-0.1, -0.05) is 20.8 Å². The number of nitrogens with zero attached hydrogens (tertiary/aromatic N) is 1. The summed E-state index contributed by atoms with van der Waals surface area (Å²) >= 11 is 0. The van der Waals surface area contributed by atoms with Crippen molar-refractivity contribution in [1.29, 1.82) is 0 Å². The lowest BCUT2D eigenvalue weighted by molar-refractivity contribution is -0.121. The van der Waals surface area contributed by atoms with E-state index < -0.39 is 10.0 Å². The summed E-state index contributed by atoms with van der Waals surface area (Å²) in [6.45, 7) is 7.37. The number of anilines is 2. The Morgan fingerprint density at radius 2 is 1.69 bits per heavy atom. The first-order valence-corrected chi connectivity index (χ1v) is 11.2. The van der Waals surface area contributed by atoms with Gasteiger partial charge in [0.25, 0.3) is 0 Å². The van der Waals surface area contributed by atoms with Crippen molar-refractivity contribution in [1.82, 2.24) is 0 Å². The maximum Gasteiger partial charge on any atom is 0.235 e. The zero-order valence-corrected chi connectivity index (χ0v) is 16.8. The van der Waals surface area contributed by atoms with Gasteiger partial charge < -0.3 is 5.32 Å². The minimum Gasteiger partial charge on any atom is -0.326 e. The van der Waals surface area contributed by atoms with Gasteiger partial charge in [-0.05, 0) is 67.7 Å². The van der Waals surface area contributed by atoms with Crippen LogP contribution in [0.15, 0.2) is 24.3 Å². The molecule has 0 atom stereocenters. The molecule has 0 radical (unpaired) electrons. The third-order valence-corrected chi connectivity index (χ3v) is 7.71. The number of carbonyl (C=O) groups excluding carboxylic acids is 1. The first-order valence-electron chi connectivity index (χ1n) is 9.58. The molecule has 1 aliphatic heterocycles. The van der Waals surface area contributed by atoms with E-state index in [0.29, 0.717) is 30.0 Å². The zero-order valence-electron chi connectivity index (χ0n) is 16.0. The molecule has 144 valence electrons. The summed E-state index contributed by atoms with van der Waals surface area (Å²) < 4.78 is 25.4. The predicted molar refractivity (Wildman–Crippen MR) is 106 cm³/mol. The second-order valence-corrected chi connectivity index (χ2v) is 10.7. The number of carbonyl (C=O) groups is 1. The van der Waals surface area contributed by atoms with Crippen LogP contribution in [0.1, 0.15) is 52.9 Å². The molecule has 5 nitrogen and oxygen atoms in total. The minimum absolute atomic E-state index is 0.0761. The Kier molecular flexibility index (Phi) is 5.33. The van der Waals surface area contributed by atoms with Gasteiger partial charge in [0.2, 0.25) is 15.9 Å². The van der Waals surface area contributed by atoms with Crippen molar-refractivity contribution in [2.75, 3.05) is 21.9 Å². The van der Waals surface area contributed by atoms with Crippen LogP contribution in [-0.4, -0.2) is 26.6 Å². The Morgan fingerprint density at radius 1 is 1.08 bits per heavy atom. The molecule has 0 aromatic heterocycles. The fraction of sp³-hybridized carbons (Fsp3) is 0.650. The Labute approximate surface area is 157 Å². The normalized spacial score (nSPS) is 25.9. The molecule has 2 aliphatic rings. The Hall–Kier alpha value is -1.56. The standard InChI is InChI=1S/C20H30N2O3S/c1-20(2,3)16-7-5-15(6-8-16)19(23)21-17-9-11-18(12-10-17)22-13-4-14-26(22,24)25/h9-12,15-16H,4-8,13-14H2,1-3H3,(H,21,23). The van der Waals surface area contributed by atoms with Crippen LogP contribution < -0.4 is 9.62 Å². The lowest BCUT2D eigenvalue weighted by atomic mass is 9.69. The van der Waals surface area contributed by atoms with Gasteiger partial charge in [-0.25, -0.2) is 8.42 Å². The number of sulfonamides is 1. The lowest BCUT2D eigenvalue weighted by Gasteiger charge is -2.36. The van der Waals surface area contributed by atoms with Crippen molar-refractivity contribution in [2.45, 2.75) is 52.9 Å². The fourth-order valence-corrected chi connectivity index (χ4v) is 5.67. The van der Waals surface area contributed by atoms with Crippen LogP contribution in [0, 0.1) is 17.3 Å². The largest absolute Gasteiger partial charge is 0.326 e. The van der Waals surface area contributed by atoms with Gasteiger partial charge in [0, 0.05) is 18.2 Å². The van der Waals surface area contributed by atoms with E-state index in [1.807, 2.05) is 0 Å². The van der Waals surface area contributed by atoms with E-state index in [0.717, 1.165) is 31.4 Å². The molecule has 1 aromatic carbocycles. The van der Waals surface area contributed by atoms with Gasteiger partial charge in [0.1, 0.15) is 0 Å². The number of rotatable bonds is 3. The molecule has 0 unspecified atom stereocenters. The van der Waals surface area contributed by atoms with Gasteiger partial charge in [-0.3, -0.25) is 9.10 Å². The van der Waals surface area contributed by atoms with Crippen LogP contribution in [0.4, 0.5) is 11.4 Å². The Morgan fingerprint density at radius 3 is 2.19 bits per heavy atom. The topological polar surface area (TPSA) is 66.5 Å². The molecule has 0 bridgehead atoms. The number of hydrogen-bond acceptors (Lipinski definition) is 3. The van der Waals surface area contributed by atoms with E-state index in [1.165, 1.54) is 4.31 Å². The first kappa shape index (κ1) is 19.2. The highest BCUT2D eigenvalue weighted by molar-refractivity contribution is 7.93. The second-order valence-electron chi connectivity index (χ2n) is 8.69. The summed E-state index contributed by atoms with van der Waals surface area (Å²) in [5.41, 5.74) is 1.71. The van der Waals surface area contributed by atoms with Gasteiger partial charge in [-0.2, -0.15) is 0 Å². The molecule has 1 aromatic rings. The summed E-state index contributed by atoms with van der Waals surface area (Å²) in [7, 11) is -3.16. The third-order valence-electron chi connectivity index (χ3n) is 5.84. The van der Waals surface area contributed by atoms with E-state index in [2.05, 4.69) is 26.1 Å². The number of benzene rings is 1. The summed E-state index contributed by atoms with van der Waals surface area (Å²) in [6, 6.07) is 7.13. The van der Waals surface area contributed by atoms with Crippen molar-refractivity contribution < 1.29 is 13.2 Å². The second kappa shape index (κ2) is 7.22. The molecular weight excluding hydrogens is 348 g/mol. The van der Waals surface area contributed by atoms with Crippen molar-refractivity contribution in [2.24, 2.45) is 17.3 Å². The highest BCUT2D eigenvalue weighted by Crippen LogP contribution is 2.40. The smallest absolute Gasteiger partial charge is 0.235 e. The van der Waals surface area contributed by atoms with Gasteiger partial charge in [-0.15, -0.1) is 0 Å². The first-order chi connectivity index (χ1) is 12.2. The molecule has 1 saturated heterocycles. The van der Waals surface area contributed by atoms with E-state index in [4.69, 9.17) is 0 Å². The van der Waals surface area contributed by atoms with Crippen molar-refractivity contribution in [3.05, 3.63) is 24.3 Å². The SMILES string of the molecule is CC(C)(C)C1CCC(C(=O)Nc2ccc(N3CCCS3(=O)=O)cc2)CC1. The van der Waals surface area contributed by atoms with Crippen molar-refractivity contribution in [3.63, 3.8) is 0 Å². The summed E-state index contributed by atoms with van der Waals surface area (Å²) in [6.07, 6.45) is 4.76. The maximum atomic E-state index is 12.6. The van der Waals surface area contributed by atoms with Crippen molar-refractivity contribution in [3.8, 4) is 0 Å². The molecule has 2 fully saturated rings. The van der Waals surface area contributed by atoms with Crippen LogP contribution in [0.25, 0.3) is 0 Å². The molecular formula is C20H30N2O3S. The van der Waals surface area contributed by atoms with Gasteiger partial charge in [0.05, 0.1) is 11.4 Å². The van der Waals surface area contributed by atoms with E-state index in [1.54, 1.807) is 24.3 Å². The molecule has 6 heteroatoms. The molecule has 1 saturated carbocycles. The number of nitrogens with one attached hydrogen (secondary N) is 1. The third kappa shape index (κ3) is 4.22. The quantitative estimate of drug-likeness (QED) is 0.864. The van der Waals surface area contributed by atoms with Crippen LogP contribution in [0.5, 0.6) is 0 Å². The van der Waals surface area contributed by atoms with Crippen LogP contribution in [-0.2, 0) is 14.8 Å². The number of amides is 1. The predicted octanol–water partition coefficient (Wildman–Crippen LogP) is 4.02. The van der Waals surface area contributed by atoms with Crippen LogP contribution in [0.3, 0.4) is 0 Å². The summed E-state index contributed by atoms with van der Waals surface area (Å²) in [5.74, 6) is 1.06. The van der Waals surface area contributed by atoms with E-state index >= 15 is 0 Å². The molecule has 1 heterocycles. The Balaban J connectivity index is 1.57. The van der Waals surface area contributed by atoms with Crippen LogP contribution in [0.2, 0.25) is 0 Å². The summed E-state index contributed by atoms with van der Waals surface area (Å²) in [5, 5.41) is 3.00. The van der Waals surface area contributed by atoms with E-state index in [-0.39, 0.29) is 17.6 Å². The average molecular weight is 379 g/mol. The average Bonchev–Trinajstić information content (AvgIpc) is 2.94. The van der Waals surface area contributed by atoms with Gasteiger partial charge in [0.15, 0.2) is 0 Å². The maximum absolute atomic E-state index is 12.6. The molecule has 1 aliphatic carbocycles. The molecule has 1 N–H and O–H groups in total. The van der Waals surface area contributed by atoms with Crippen molar-refractivity contribution >= 4 is 27.3 Å². The molecule has 0 spiro atoms. The Bertz CT molecular complexity index is 742. The minimum atomic E-state index is -3.16. The van der Waals surface area contributed by atoms with Gasteiger partial charge >= 0.3 is 0 Å². The molecule has 1 amide bonds. The zero-order chi connectivity index (χ0) is 18.9. The highest BCUT2D eigenvalue weighted by Gasteiger charge is 2.32. The molecule has 26 heavy (non-hydrogen) atoms. The molecule has 3 rings (SSSR count). The fourth-order valence-electron chi connectivity index (χ4n) is 4.11. The monoisotopic (exact) mass is 378 g/mol.